The zero-order chi connectivity index (χ0) is 15.4. The molecular weight excluding hydrogens is 338 g/mol. The molecule has 2 N–H and O–H groups in total. The average molecular weight is 349 g/mol. The number of hydrogen-bond acceptors (Lipinski definition) is 3. The first-order chi connectivity index (χ1) is 9.97. The monoisotopic (exact) mass is 348 g/mol. The summed E-state index contributed by atoms with van der Waals surface area (Å²) in [5.41, 5.74) is 1.44. The van der Waals surface area contributed by atoms with Crippen molar-refractivity contribution in [1.82, 2.24) is 0 Å². The molecule has 0 atom stereocenters. The van der Waals surface area contributed by atoms with Gasteiger partial charge in [-0.15, -0.1) is 0 Å². The fraction of sp³-hybridized carbons (Fsp3) is 0. The quantitative estimate of drug-likeness (QED) is 0.505. The molecule has 0 aliphatic carbocycles. The van der Waals surface area contributed by atoms with Gasteiger partial charge in [0.2, 0.25) is 0 Å². The van der Waals surface area contributed by atoms with E-state index in [0.717, 1.165) is 0 Å². The van der Waals surface area contributed by atoms with Gasteiger partial charge in [0.1, 0.15) is 5.82 Å². The fourth-order valence-corrected chi connectivity index (χ4v) is 2.10. The number of benzene rings is 2. The maximum absolute atomic E-state index is 13.1. The first-order valence-corrected chi connectivity index (χ1v) is 6.90. The highest BCUT2D eigenvalue weighted by molar-refractivity contribution is 9.10. The lowest BCUT2D eigenvalue weighted by atomic mass is 9.80. The predicted molar refractivity (Wildman–Crippen MR) is 83.7 cm³/mol. The van der Waals surface area contributed by atoms with E-state index in [9.17, 15) is 9.18 Å². The molecule has 0 spiro atoms. The summed E-state index contributed by atoms with van der Waals surface area (Å²) in [6.07, 6.45) is 2.96. The molecule has 106 valence electrons. The van der Waals surface area contributed by atoms with E-state index in [2.05, 4.69) is 15.9 Å². The molecule has 0 heterocycles. The molecule has 0 unspecified atom stereocenters. The minimum atomic E-state index is -1.55. The van der Waals surface area contributed by atoms with Crippen molar-refractivity contribution in [1.29, 1.82) is 0 Å². The molecule has 2 aromatic rings. The minimum Gasteiger partial charge on any atom is -0.423 e. The van der Waals surface area contributed by atoms with Crippen LogP contribution in [0.2, 0.25) is 0 Å². The highest BCUT2D eigenvalue weighted by Crippen LogP contribution is 2.17. The van der Waals surface area contributed by atoms with Crippen LogP contribution >= 0.6 is 15.9 Å². The summed E-state index contributed by atoms with van der Waals surface area (Å²) >= 11 is 3.08. The minimum absolute atomic E-state index is 0.227. The number of hydrogen-bond donors (Lipinski definition) is 2. The molecule has 21 heavy (non-hydrogen) atoms. The Kier molecular flexibility index (Phi) is 5.06. The van der Waals surface area contributed by atoms with Gasteiger partial charge >= 0.3 is 7.12 Å². The molecule has 0 fully saturated rings. The molecule has 0 aliphatic rings. The number of ketones is 1. The first-order valence-electron chi connectivity index (χ1n) is 6.11. The SMILES string of the molecule is O=C(/C=C/c1ccc(F)c(Br)c1)c1ccc(B(O)O)cc1. The Bertz CT molecular complexity index is 684. The van der Waals surface area contributed by atoms with Crippen molar-refractivity contribution in [2.24, 2.45) is 0 Å². The van der Waals surface area contributed by atoms with Crippen LogP contribution in [0, 0.1) is 5.82 Å². The van der Waals surface area contributed by atoms with Crippen LogP contribution in [0.4, 0.5) is 4.39 Å². The van der Waals surface area contributed by atoms with Crippen molar-refractivity contribution in [2.45, 2.75) is 0 Å². The molecule has 3 nitrogen and oxygen atoms in total. The van der Waals surface area contributed by atoms with E-state index in [1.807, 2.05) is 0 Å². The second kappa shape index (κ2) is 6.80. The molecule has 0 aromatic heterocycles. The Morgan fingerprint density at radius 2 is 1.81 bits per heavy atom. The molecule has 2 rings (SSSR count). The topological polar surface area (TPSA) is 57.5 Å². The van der Waals surface area contributed by atoms with E-state index >= 15 is 0 Å². The molecule has 0 amide bonds. The Morgan fingerprint density at radius 1 is 1.14 bits per heavy atom. The van der Waals surface area contributed by atoms with E-state index in [1.54, 1.807) is 18.2 Å². The third-order valence-electron chi connectivity index (χ3n) is 2.86. The summed E-state index contributed by atoms with van der Waals surface area (Å²) < 4.78 is 13.4. The van der Waals surface area contributed by atoms with Gasteiger partial charge in [-0.1, -0.05) is 36.4 Å². The van der Waals surface area contributed by atoms with E-state index in [0.29, 0.717) is 21.1 Å². The predicted octanol–water partition coefficient (Wildman–Crippen LogP) is 2.16. The Labute approximate surface area is 130 Å². The van der Waals surface area contributed by atoms with Crippen LogP contribution in [-0.2, 0) is 0 Å². The van der Waals surface area contributed by atoms with Gasteiger partial charge in [0, 0.05) is 5.56 Å². The second-order valence-electron chi connectivity index (χ2n) is 4.37. The van der Waals surface area contributed by atoms with Gasteiger partial charge in [-0.3, -0.25) is 4.79 Å². The fourth-order valence-electron chi connectivity index (χ4n) is 1.70. The molecule has 0 aliphatic heterocycles. The van der Waals surface area contributed by atoms with E-state index in [1.165, 1.54) is 36.4 Å². The molecule has 0 bridgehead atoms. The van der Waals surface area contributed by atoms with Crippen LogP contribution in [-0.4, -0.2) is 22.9 Å². The summed E-state index contributed by atoms with van der Waals surface area (Å²) in [5, 5.41) is 18.0. The summed E-state index contributed by atoms with van der Waals surface area (Å²) in [6.45, 7) is 0. The van der Waals surface area contributed by atoms with Crippen LogP contribution < -0.4 is 5.46 Å². The smallest absolute Gasteiger partial charge is 0.423 e. The number of carbonyl (C=O) groups is 1. The van der Waals surface area contributed by atoms with Gasteiger partial charge in [0.25, 0.3) is 0 Å². The maximum Gasteiger partial charge on any atom is 0.488 e. The maximum atomic E-state index is 13.1. The van der Waals surface area contributed by atoms with Gasteiger partial charge in [0.15, 0.2) is 5.78 Å². The molecule has 0 saturated heterocycles. The average Bonchev–Trinajstić information content (AvgIpc) is 2.48. The molecule has 0 radical (unpaired) electrons. The van der Waals surface area contributed by atoms with E-state index < -0.39 is 7.12 Å². The highest BCUT2D eigenvalue weighted by atomic mass is 79.9. The third kappa shape index (κ3) is 4.11. The van der Waals surface area contributed by atoms with E-state index in [4.69, 9.17) is 10.0 Å². The molecular formula is C15H11BBrFO3. The Hall–Kier alpha value is -1.76. The molecule has 0 saturated carbocycles. The zero-order valence-electron chi connectivity index (χ0n) is 10.8. The van der Waals surface area contributed by atoms with Crippen molar-refractivity contribution >= 4 is 40.4 Å². The second-order valence-corrected chi connectivity index (χ2v) is 5.22. The Morgan fingerprint density at radius 3 is 2.38 bits per heavy atom. The van der Waals surface area contributed by atoms with E-state index in [-0.39, 0.29) is 11.6 Å². The lowest BCUT2D eigenvalue weighted by molar-refractivity contribution is 0.104. The van der Waals surface area contributed by atoms with Crippen molar-refractivity contribution < 1.29 is 19.2 Å². The van der Waals surface area contributed by atoms with Gasteiger partial charge in [-0.2, -0.15) is 0 Å². The third-order valence-corrected chi connectivity index (χ3v) is 3.47. The lowest BCUT2D eigenvalue weighted by Crippen LogP contribution is -2.29. The van der Waals surface area contributed by atoms with Crippen molar-refractivity contribution in [3.05, 3.63) is 70.0 Å². The molecule has 6 heteroatoms. The van der Waals surface area contributed by atoms with Crippen LogP contribution in [0.5, 0.6) is 0 Å². The van der Waals surface area contributed by atoms with Gasteiger partial charge in [-0.25, -0.2) is 4.39 Å². The zero-order valence-corrected chi connectivity index (χ0v) is 12.4. The standard InChI is InChI=1S/C15H11BBrFO3/c17-13-9-10(1-7-14(13)18)2-8-15(19)11-3-5-12(6-4-11)16(20)21/h1-9,20-21H/b8-2+. The van der Waals surface area contributed by atoms with Crippen LogP contribution in [0.15, 0.2) is 53.0 Å². The summed E-state index contributed by atoms with van der Waals surface area (Å²) in [5.74, 6) is -0.592. The molecule has 2 aromatic carbocycles. The lowest BCUT2D eigenvalue weighted by Gasteiger charge is -2.00. The number of rotatable bonds is 4. The summed E-state index contributed by atoms with van der Waals surface area (Å²) in [7, 11) is -1.55. The number of halogens is 2. The van der Waals surface area contributed by atoms with Crippen molar-refractivity contribution in [3.8, 4) is 0 Å². The van der Waals surface area contributed by atoms with Gasteiger partial charge in [-0.05, 0) is 45.2 Å². The highest BCUT2D eigenvalue weighted by Gasteiger charge is 2.11. The van der Waals surface area contributed by atoms with Gasteiger partial charge < -0.3 is 10.0 Å². The normalized spacial score (nSPS) is 10.9. The summed E-state index contributed by atoms with van der Waals surface area (Å²) in [6, 6.07) is 10.4. The number of allylic oxidation sites excluding steroid dienone is 1. The van der Waals surface area contributed by atoms with Crippen LogP contribution in [0.25, 0.3) is 6.08 Å². The summed E-state index contributed by atoms with van der Waals surface area (Å²) in [4.78, 5) is 12.0. The van der Waals surface area contributed by atoms with Gasteiger partial charge in [0.05, 0.1) is 4.47 Å². The van der Waals surface area contributed by atoms with Crippen molar-refractivity contribution in [2.75, 3.05) is 0 Å². The Balaban J connectivity index is 2.13. The number of carbonyl (C=O) groups excluding carboxylic acids is 1. The van der Waals surface area contributed by atoms with Crippen molar-refractivity contribution in [3.63, 3.8) is 0 Å². The first kappa shape index (κ1) is 15.6. The largest absolute Gasteiger partial charge is 0.488 e. The van der Waals surface area contributed by atoms with Crippen LogP contribution in [0.3, 0.4) is 0 Å². The van der Waals surface area contributed by atoms with Crippen LogP contribution in [0.1, 0.15) is 15.9 Å².